The highest BCUT2D eigenvalue weighted by atomic mass is 19.1. The molecule has 0 aliphatic rings. The number of benzene rings is 2. The maximum atomic E-state index is 13.2. The third-order valence-electron chi connectivity index (χ3n) is 4.25. The van der Waals surface area contributed by atoms with Gasteiger partial charge in [0.05, 0.1) is 18.0 Å². The Hall–Kier alpha value is -2.99. The molecule has 0 atom stereocenters. The minimum absolute atomic E-state index is 0.243. The third kappa shape index (κ3) is 4.23. The maximum Gasteiger partial charge on any atom is 0.270 e. The Morgan fingerprint density at radius 3 is 2.56 bits per heavy atom. The van der Waals surface area contributed by atoms with E-state index in [0.29, 0.717) is 24.5 Å². The summed E-state index contributed by atoms with van der Waals surface area (Å²) in [6.07, 6.45) is 0. The van der Waals surface area contributed by atoms with Gasteiger partial charge in [-0.1, -0.05) is 17.7 Å². The Balaban J connectivity index is 2.06. The number of hydrogen-bond acceptors (Lipinski definition) is 3. The van der Waals surface area contributed by atoms with Gasteiger partial charge >= 0.3 is 0 Å². The molecule has 0 saturated carbocycles. The molecule has 2 aromatic carbocycles. The van der Waals surface area contributed by atoms with E-state index in [-0.39, 0.29) is 11.7 Å². The summed E-state index contributed by atoms with van der Waals surface area (Å²) in [7, 11) is 1.58. The lowest BCUT2D eigenvalue weighted by molar-refractivity contribution is 0.0929. The van der Waals surface area contributed by atoms with Crippen LogP contribution in [0.5, 0.6) is 0 Å². The van der Waals surface area contributed by atoms with Crippen LogP contribution in [0.3, 0.4) is 0 Å². The van der Waals surface area contributed by atoms with E-state index >= 15 is 0 Å². The number of aromatic nitrogens is 2. The van der Waals surface area contributed by atoms with E-state index in [0.717, 1.165) is 22.4 Å². The lowest BCUT2D eigenvalue weighted by atomic mass is 10.1. The number of hydrogen-bond donors (Lipinski definition) is 1. The summed E-state index contributed by atoms with van der Waals surface area (Å²) >= 11 is 0. The Kier molecular flexibility index (Phi) is 5.66. The van der Waals surface area contributed by atoms with Gasteiger partial charge in [-0.05, 0) is 55.8 Å². The monoisotopic (exact) mass is 367 g/mol. The van der Waals surface area contributed by atoms with E-state index in [9.17, 15) is 9.18 Å². The minimum atomic E-state index is -0.315. The molecule has 1 amide bonds. The zero-order valence-electron chi connectivity index (χ0n) is 15.6. The SMILES string of the molecule is COCCNC(=O)c1cc(-c2ccc(F)cc2)nn1-c1ccc(C)cc1C. The fourth-order valence-corrected chi connectivity index (χ4v) is 2.89. The van der Waals surface area contributed by atoms with Gasteiger partial charge in [-0.2, -0.15) is 5.10 Å². The largest absolute Gasteiger partial charge is 0.383 e. The van der Waals surface area contributed by atoms with Crippen molar-refractivity contribution in [2.24, 2.45) is 0 Å². The van der Waals surface area contributed by atoms with Gasteiger partial charge in [0, 0.05) is 19.2 Å². The second kappa shape index (κ2) is 8.14. The van der Waals surface area contributed by atoms with Crippen molar-refractivity contribution in [3.05, 3.63) is 71.2 Å². The molecule has 0 radical (unpaired) electrons. The van der Waals surface area contributed by atoms with Crippen molar-refractivity contribution >= 4 is 5.91 Å². The van der Waals surface area contributed by atoms with Crippen molar-refractivity contribution in [1.82, 2.24) is 15.1 Å². The molecule has 0 spiro atoms. The number of carbonyl (C=O) groups excluding carboxylic acids is 1. The van der Waals surface area contributed by atoms with E-state index in [1.54, 1.807) is 30.0 Å². The number of halogens is 1. The molecule has 5 nitrogen and oxygen atoms in total. The number of methoxy groups -OCH3 is 1. The molecule has 0 aliphatic heterocycles. The van der Waals surface area contributed by atoms with Crippen LogP contribution < -0.4 is 5.32 Å². The van der Waals surface area contributed by atoms with Crippen LogP contribution >= 0.6 is 0 Å². The molecule has 0 bridgehead atoms. The summed E-state index contributed by atoms with van der Waals surface area (Å²) < 4.78 is 19.9. The molecule has 1 aromatic heterocycles. The van der Waals surface area contributed by atoms with E-state index in [2.05, 4.69) is 10.4 Å². The van der Waals surface area contributed by atoms with Gasteiger partial charge in [0.2, 0.25) is 0 Å². The van der Waals surface area contributed by atoms with Crippen molar-refractivity contribution in [3.63, 3.8) is 0 Å². The molecular formula is C21H22FN3O2. The van der Waals surface area contributed by atoms with E-state index in [1.165, 1.54) is 12.1 Å². The van der Waals surface area contributed by atoms with Crippen LogP contribution in [0.25, 0.3) is 16.9 Å². The van der Waals surface area contributed by atoms with Crippen LogP contribution in [0.4, 0.5) is 4.39 Å². The molecule has 3 rings (SSSR count). The predicted octanol–water partition coefficient (Wildman–Crippen LogP) is 3.67. The molecule has 0 unspecified atom stereocenters. The number of nitrogens with one attached hydrogen (secondary N) is 1. The van der Waals surface area contributed by atoms with Gasteiger partial charge in [-0.3, -0.25) is 4.79 Å². The summed E-state index contributed by atoms with van der Waals surface area (Å²) in [6.45, 7) is 4.82. The molecule has 1 heterocycles. The minimum Gasteiger partial charge on any atom is -0.383 e. The first-order valence-corrected chi connectivity index (χ1v) is 8.70. The molecule has 0 aliphatic carbocycles. The average molecular weight is 367 g/mol. The summed E-state index contributed by atoms with van der Waals surface area (Å²) in [5.41, 5.74) is 4.73. The summed E-state index contributed by atoms with van der Waals surface area (Å²) in [6, 6.07) is 13.7. The second-order valence-corrected chi connectivity index (χ2v) is 6.37. The number of ether oxygens (including phenoxy) is 1. The van der Waals surface area contributed by atoms with E-state index in [4.69, 9.17) is 4.74 Å². The van der Waals surface area contributed by atoms with Gasteiger partial charge in [0.15, 0.2) is 0 Å². The van der Waals surface area contributed by atoms with E-state index in [1.807, 2.05) is 32.0 Å². The Morgan fingerprint density at radius 2 is 1.89 bits per heavy atom. The summed E-state index contributed by atoms with van der Waals surface area (Å²) in [4.78, 5) is 12.7. The van der Waals surface area contributed by atoms with Crippen molar-refractivity contribution in [2.45, 2.75) is 13.8 Å². The standard InChI is InChI=1S/C21H22FN3O2/c1-14-4-9-19(15(2)12-14)25-20(21(26)23-10-11-27-3)13-18(24-25)16-5-7-17(22)8-6-16/h4-9,12-13H,10-11H2,1-3H3,(H,23,26). The molecule has 0 saturated heterocycles. The first-order chi connectivity index (χ1) is 13.0. The Morgan fingerprint density at radius 1 is 1.15 bits per heavy atom. The summed E-state index contributed by atoms with van der Waals surface area (Å²) in [5, 5.41) is 7.45. The predicted molar refractivity (Wildman–Crippen MR) is 103 cm³/mol. The van der Waals surface area contributed by atoms with Crippen LogP contribution in [-0.4, -0.2) is 35.9 Å². The Bertz CT molecular complexity index is 949. The van der Waals surface area contributed by atoms with Gasteiger partial charge in [-0.25, -0.2) is 9.07 Å². The molecule has 27 heavy (non-hydrogen) atoms. The van der Waals surface area contributed by atoms with Crippen molar-refractivity contribution in [1.29, 1.82) is 0 Å². The number of amides is 1. The van der Waals surface area contributed by atoms with Gasteiger partial charge in [0.1, 0.15) is 11.5 Å². The number of aryl methyl sites for hydroxylation is 2. The van der Waals surface area contributed by atoms with Crippen molar-refractivity contribution in [3.8, 4) is 16.9 Å². The van der Waals surface area contributed by atoms with Gasteiger partial charge in [-0.15, -0.1) is 0 Å². The Labute approximate surface area is 157 Å². The zero-order chi connectivity index (χ0) is 19.4. The number of carbonyl (C=O) groups is 1. The number of rotatable bonds is 6. The van der Waals surface area contributed by atoms with Gasteiger partial charge in [0.25, 0.3) is 5.91 Å². The fraction of sp³-hybridized carbons (Fsp3) is 0.238. The molecule has 6 heteroatoms. The molecule has 3 aromatic rings. The van der Waals surface area contributed by atoms with Crippen LogP contribution in [0.1, 0.15) is 21.6 Å². The lowest BCUT2D eigenvalue weighted by Crippen LogP contribution is -2.29. The highest BCUT2D eigenvalue weighted by molar-refractivity contribution is 5.94. The summed E-state index contributed by atoms with van der Waals surface area (Å²) in [5.74, 6) is -0.557. The quantitative estimate of drug-likeness (QED) is 0.677. The van der Waals surface area contributed by atoms with E-state index < -0.39 is 0 Å². The van der Waals surface area contributed by atoms with Gasteiger partial charge < -0.3 is 10.1 Å². The maximum absolute atomic E-state index is 13.2. The molecular weight excluding hydrogens is 345 g/mol. The first-order valence-electron chi connectivity index (χ1n) is 8.70. The van der Waals surface area contributed by atoms with Crippen LogP contribution in [-0.2, 0) is 4.74 Å². The molecule has 140 valence electrons. The van der Waals surface area contributed by atoms with Crippen LogP contribution in [0.15, 0.2) is 48.5 Å². The van der Waals surface area contributed by atoms with Crippen molar-refractivity contribution in [2.75, 3.05) is 20.3 Å². The highest BCUT2D eigenvalue weighted by Gasteiger charge is 2.18. The fourth-order valence-electron chi connectivity index (χ4n) is 2.89. The first kappa shape index (κ1) is 18.8. The lowest BCUT2D eigenvalue weighted by Gasteiger charge is -2.11. The average Bonchev–Trinajstić information content (AvgIpc) is 3.07. The number of nitrogens with zero attached hydrogens (tertiary/aromatic N) is 2. The molecule has 1 N–H and O–H groups in total. The smallest absolute Gasteiger partial charge is 0.270 e. The third-order valence-corrected chi connectivity index (χ3v) is 4.25. The zero-order valence-corrected chi connectivity index (χ0v) is 15.6. The molecule has 0 fully saturated rings. The topological polar surface area (TPSA) is 56.1 Å². The van der Waals surface area contributed by atoms with Crippen molar-refractivity contribution < 1.29 is 13.9 Å². The normalized spacial score (nSPS) is 10.8. The van der Waals surface area contributed by atoms with Crippen LogP contribution in [0, 0.1) is 19.7 Å². The second-order valence-electron chi connectivity index (χ2n) is 6.37. The highest BCUT2D eigenvalue weighted by Crippen LogP contribution is 2.24. The van der Waals surface area contributed by atoms with Crippen LogP contribution in [0.2, 0.25) is 0 Å².